The molecular weight excluding hydrogens is 336 g/mol. The van der Waals surface area contributed by atoms with Crippen molar-refractivity contribution in [2.75, 3.05) is 7.11 Å². The van der Waals surface area contributed by atoms with Gasteiger partial charge in [-0.2, -0.15) is 0 Å². The molecule has 0 spiro atoms. The Morgan fingerprint density at radius 1 is 1.15 bits per heavy atom. The molecule has 1 aliphatic carbocycles. The van der Waals surface area contributed by atoms with Gasteiger partial charge in [0.2, 0.25) is 0 Å². The van der Waals surface area contributed by atoms with E-state index in [1.165, 1.54) is 25.7 Å². The third kappa shape index (κ3) is 6.12. The molecule has 1 unspecified atom stereocenters. The van der Waals surface area contributed by atoms with Crippen molar-refractivity contribution in [3.63, 3.8) is 0 Å². The summed E-state index contributed by atoms with van der Waals surface area (Å²) in [6.07, 6.45) is 11.1. The van der Waals surface area contributed by atoms with Gasteiger partial charge in [-0.05, 0) is 54.4 Å². The number of carboxylic acid groups (broad SMARTS) is 1. The van der Waals surface area contributed by atoms with Crippen LogP contribution in [0.1, 0.15) is 83.6 Å². The van der Waals surface area contributed by atoms with Crippen LogP contribution in [0.25, 0.3) is 5.57 Å². The van der Waals surface area contributed by atoms with E-state index in [0.29, 0.717) is 11.5 Å². The Hall–Kier alpha value is -1.77. The molecule has 0 amide bonds. The highest BCUT2D eigenvalue weighted by Crippen LogP contribution is 2.38. The highest BCUT2D eigenvalue weighted by atomic mass is 16.5. The lowest BCUT2D eigenvalue weighted by Crippen LogP contribution is -2.19. The fourth-order valence-electron chi connectivity index (χ4n) is 4.35. The van der Waals surface area contributed by atoms with Crippen molar-refractivity contribution in [1.29, 1.82) is 0 Å². The molecule has 3 heteroatoms. The van der Waals surface area contributed by atoms with Gasteiger partial charge in [0, 0.05) is 5.57 Å². The van der Waals surface area contributed by atoms with Crippen LogP contribution in [0.3, 0.4) is 0 Å². The summed E-state index contributed by atoms with van der Waals surface area (Å²) < 4.78 is 5.30. The summed E-state index contributed by atoms with van der Waals surface area (Å²) in [6.45, 7) is 4.45. The summed E-state index contributed by atoms with van der Waals surface area (Å²) >= 11 is 0. The highest BCUT2D eigenvalue weighted by molar-refractivity contribution is 5.97. The molecule has 0 bridgehead atoms. The molecule has 1 N–H and O–H groups in total. The molecule has 27 heavy (non-hydrogen) atoms. The van der Waals surface area contributed by atoms with Crippen LogP contribution in [0.5, 0.6) is 5.75 Å². The van der Waals surface area contributed by atoms with Gasteiger partial charge in [0.05, 0.1) is 7.11 Å². The molecule has 0 aliphatic heterocycles. The summed E-state index contributed by atoms with van der Waals surface area (Å²) in [6, 6.07) is 7.96. The molecule has 0 heterocycles. The normalized spacial score (nSPS) is 17.3. The highest BCUT2D eigenvalue weighted by Gasteiger charge is 2.27. The number of carboxylic acids is 1. The van der Waals surface area contributed by atoms with E-state index in [4.69, 9.17) is 4.74 Å². The fraction of sp³-hybridized carbons (Fsp3) is 0.625. The second-order valence-corrected chi connectivity index (χ2v) is 7.88. The number of aliphatic carboxylic acids is 1. The van der Waals surface area contributed by atoms with E-state index >= 15 is 0 Å². The predicted molar refractivity (Wildman–Crippen MR) is 112 cm³/mol. The maximum atomic E-state index is 12.3. The van der Waals surface area contributed by atoms with Crippen molar-refractivity contribution >= 4 is 11.5 Å². The zero-order valence-electron chi connectivity index (χ0n) is 17.3. The fourth-order valence-corrected chi connectivity index (χ4v) is 4.35. The van der Waals surface area contributed by atoms with Gasteiger partial charge in [-0.1, -0.05) is 70.9 Å². The van der Waals surface area contributed by atoms with Gasteiger partial charge in [-0.25, -0.2) is 4.79 Å². The van der Waals surface area contributed by atoms with E-state index in [9.17, 15) is 9.90 Å². The standard InChI is InChI=1S/C24H36O3/c1-4-6-10-18(5-2)17-22(19-13-15-21(27-3)16-14-19)23(24(25)26)20-11-8-7-9-12-20/h13-16,18,20H,4-12,17H2,1-3H3,(H,25,26). The number of allylic oxidation sites excluding steroid dienone is 1. The lowest BCUT2D eigenvalue weighted by molar-refractivity contribution is -0.133. The van der Waals surface area contributed by atoms with Gasteiger partial charge in [0.1, 0.15) is 5.75 Å². The Morgan fingerprint density at radius 2 is 1.81 bits per heavy atom. The van der Waals surface area contributed by atoms with Crippen LogP contribution in [0, 0.1) is 11.8 Å². The first-order valence-electron chi connectivity index (χ1n) is 10.7. The molecule has 1 aromatic carbocycles. The molecular formula is C24H36O3. The number of hydrogen-bond acceptors (Lipinski definition) is 2. The first kappa shape index (κ1) is 21.5. The summed E-state index contributed by atoms with van der Waals surface area (Å²) in [7, 11) is 1.66. The molecule has 0 aromatic heterocycles. The van der Waals surface area contributed by atoms with Crippen molar-refractivity contribution in [2.24, 2.45) is 11.8 Å². The van der Waals surface area contributed by atoms with Crippen molar-refractivity contribution in [2.45, 2.75) is 78.1 Å². The minimum absolute atomic E-state index is 0.192. The summed E-state index contributed by atoms with van der Waals surface area (Å²) in [5.74, 6) is 0.820. The average Bonchev–Trinajstić information content (AvgIpc) is 2.70. The van der Waals surface area contributed by atoms with Crippen LogP contribution in [0.4, 0.5) is 0 Å². The second kappa shape index (κ2) is 11.2. The number of methoxy groups -OCH3 is 1. The lowest BCUT2D eigenvalue weighted by atomic mass is 9.78. The van der Waals surface area contributed by atoms with E-state index in [2.05, 4.69) is 13.8 Å². The number of hydrogen-bond donors (Lipinski definition) is 1. The monoisotopic (exact) mass is 372 g/mol. The van der Waals surface area contributed by atoms with Crippen LogP contribution in [0.2, 0.25) is 0 Å². The Balaban J connectivity index is 2.45. The zero-order chi connectivity index (χ0) is 19.6. The number of carbonyl (C=O) groups is 1. The average molecular weight is 373 g/mol. The molecule has 0 saturated heterocycles. The molecule has 0 radical (unpaired) electrons. The van der Waals surface area contributed by atoms with E-state index in [0.717, 1.165) is 55.4 Å². The van der Waals surface area contributed by atoms with Crippen molar-refractivity contribution in [1.82, 2.24) is 0 Å². The van der Waals surface area contributed by atoms with E-state index in [1.54, 1.807) is 7.11 Å². The summed E-state index contributed by atoms with van der Waals surface area (Å²) in [5, 5.41) is 10.1. The van der Waals surface area contributed by atoms with Crippen LogP contribution >= 0.6 is 0 Å². The third-order valence-electron chi connectivity index (χ3n) is 6.04. The Kier molecular flexibility index (Phi) is 8.90. The van der Waals surface area contributed by atoms with E-state index < -0.39 is 5.97 Å². The summed E-state index contributed by atoms with van der Waals surface area (Å²) in [5.41, 5.74) is 2.78. The first-order valence-corrected chi connectivity index (χ1v) is 10.7. The van der Waals surface area contributed by atoms with Gasteiger partial charge >= 0.3 is 5.97 Å². The number of unbranched alkanes of at least 4 members (excludes halogenated alkanes) is 1. The number of rotatable bonds is 10. The second-order valence-electron chi connectivity index (χ2n) is 7.88. The van der Waals surface area contributed by atoms with Crippen LogP contribution in [0.15, 0.2) is 29.8 Å². The van der Waals surface area contributed by atoms with Crippen molar-refractivity contribution in [3.05, 3.63) is 35.4 Å². The molecule has 2 rings (SSSR count). The molecule has 1 fully saturated rings. The maximum absolute atomic E-state index is 12.3. The lowest BCUT2D eigenvalue weighted by Gasteiger charge is -2.27. The molecule has 3 nitrogen and oxygen atoms in total. The Labute approximate surface area is 164 Å². The van der Waals surface area contributed by atoms with Gasteiger partial charge in [-0.3, -0.25) is 0 Å². The molecule has 150 valence electrons. The van der Waals surface area contributed by atoms with Crippen molar-refractivity contribution in [3.8, 4) is 5.75 Å². The van der Waals surface area contributed by atoms with E-state index in [1.807, 2.05) is 24.3 Å². The first-order chi connectivity index (χ1) is 13.1. The van der Waals surface area contributed by atoms with Crippen LogP contribution < -0.4 is 4.74 Å². The van der Waals surface area contributed by atoms with Crippen LogP contribution in [-0.2, 0) is 4.79 Å². The Bertz CT molecular complexity index is 609. The zero-order valence-corrected chi connectivity index (χ0v) is 17.3. The SMILES string of the molecule is CCCCC(CC)CC(=C(C(=O)O)C1CCCCC1)c1ccc(OC)cc1. The summed E-state index contributed by atoms with van der Waals surface area (Å²) in [4.78, 5) is 12.3. The predicted octanol–water partition coefficient (Wildman–Crippen LogP) is 6.72. The number of benzene rings is 1. The van der Waals surface area contributed by atoms with Gasteiger partial charge in [-0.15, -0.1) is 0 Å². The molecule has 1 saturated carbocycles. The minimum Gasteiger partial charge on any atom is -0.497 e. The number of ether oxygens (including phenoxy) is 1. The Morgan fingerprint density at radius 3 is 2.33 bits per heavy atom. The molecule has 1 atom stereocenters. The van der Waals surface area contributed by atoms with E-state index in [-0.39, 0.29) is 5.92 Å². The maximum Gasteiger partial charge on any atom is 0.332 e. The topological polar surface area (TPSA) is 46.5 Å². The third-order valence-corrected chi connectivity index (χ3v) is 6.04. The molecule has 1 aromatic rings. The van der Waals surface area contributed by atoms with Gasteiger partial charge in [0.25, 0.3) is 0 Å². The minimum atomic E-state index is -0.724. The largest absolute Gasteiger partial charge is 0.497 e. The van der Waals surface area contributed by atoms with Gasteiger partial charge < -0.3 is 9.84 Å². The van der Waals surface area contributed by atoms with Gasteiger partial charge in [0.15, 0.2) is 0 Å². The quantitative estimate of drug-likeness (QED) is 0.464. The molecule has 1 aliphatic rings. The van der Waals surface area contributed by atoms with Crippen LogP contribution in [-0.4, -0.2) is 18.2 Å². The smallest absolute Gasteiger partial charge is 0.332 e. The van der Waals surface area contributed by atoms with Crippen molar-refractivity contribution < 1.29 is 14.6 Å².